The second-order valence-electron chi connectivity index (χ2n) is 4.98. The molecule has 6 nitrogen and oxygen atoms in total. The second kappa shape index (κ2) is 6.15. The van der Waals surface area contributed by atoms with Crippen molar-refractivity contribution in [3.63, 3.8) is 0 Å². The molecule has 0 aliphatic carbocycles. The third kappa shape index (κ3) is 3.68. The van der Waals surface area contributed by atoms with Gasteiger partial charge in [-0.25, -0.2) is 0 Å². The molecule has 0 unspecified atom stereocenters. The van der Waals surface area contributed by atoms with Crippen molar-refractivity contribution in [3.05, 3.63) is 5.89 Å². The molecule has 0 aromatic carbocycles. The molecule has 0 atom stereocenters. The van der Waals surface area contributed by atoms with Crippen molar-refractivity contribution in [2.75, 3.05) is 25.1 Å². The van der Waals surface area contributed by atoms with Crippen LogP contribution in [0.5, 0.6) is 0 Å². The number of aromatic nitrogens is 2. The largest absolute Gasteiger partial charge is 0.407 e. The molecular formula is C12H22N4O2. The van der Waals surface area contributed by atoms with Gasteiger partial charge < -0.3 is 19.8 Å². The zero-order chi connectivity index (χ0) is 12.8. The molecule has 2 N–H and O–H groups in total. The summed E-state index contributed by atoms with van der Waals surface area (Å²) in [4.78, 5) is 0. The Labute approximate surface area is 107 Å². The van der Waals surface area contributed by atoms with Crippen LogP contribution in [0.3, 0.4) is 0 Å². The zero-order valence-corrected chi connectivity index (χ0v) is 11.2. The minimum absolute atomic E-state index is 0.00109. The van der Waals surface area contributed by atoms with Gasteiger partial charge in [0.1, 0.15) is 0 Å². The molecule has 0 bridgehead atoms. The van der Waals surface area contributed by atoms with Crippen LogP contribution in [0.2, 0.25) is 0 Å². The minimum Gasteiger partial charge on any atom is -0.407 e. The Morgan fingerprint density at radius 2 is 2.06 bits per heavy atom. The molecule has 1 aromatic heterocycles. The number of ether oxygens (including phenoxy) is 1. The summed E-state index contributed by atoms with van der Waals surface area (Å²) in [6.07, 6.45) is 3.01. The fourth-order valence-corrected chi connectivity index (χ4v) is 1.95. The Hall–Kier alpha value is -1.14. The van der Waals surface area contributed by atoms with Crippen LogP contribution in [0.15, 0.2) is 4.42 Å². The summed E-state index contributed by atoms with van der Waals surface area (Å²) in [6, 6.07) is 0.507. The predicted molar refractivity (Wildman–Crippen MR) is 68.4 cm³/mol. The number of nitrogens with one attached hydrogen (secondary N) is 2. The SMILES string of the molecule is CCCNCc1nnc(NC2(C)CCOCC2)o1. The first-order valence-corrected chi connectivity index (χ1v) is 6.61. The molecule has 6 heteroatoms. The van der Waals surface area contributed by atoms with Crippen molar-refractivity contribution >= 4 is 6.01 Å². The molecule has 18 heavy (non-hydrogen) atoms. The number of nitrogens with zero attached hydrogens (tertiary/aromatic N) is 2. The van der Waals surface area contributed by atoms with Crippen LogP contribution >= 0.6 is 0 Å². The van der Waals surface area contributed by atoms with E-state index < -0.39 is 0 Å². The van der Waals surface area contributed by atoms with Gasteiger partial charge in [0.2, 0.25) is 5.89 Å². The first-order chi connectivity index (χ1) is 8.72. The Morgan fingerprint density at radius 1 is 1.28 bits per heavy atom. The molecular weight excluding hydrogens is 232 g/mol. The van der Waals surface area contributed by atoms with Crippen LogP contribution in [-0.2, 0) is 11.3 Å². The van der Waals surface area contributed by atoms with Gasteiger partial charge in [0.15, 0.2) is 0 Å². The van der Waals surface area contributed by atoms with Gasteiger partial charge in [0.25, 0.3) is 0 Å². The molecule has 0 radical (unpaired) electrons. The molecule has 102 valence electrons. The van der Waals surface area contributed by atoms with Gasteiger partial charge in [-0.05, 0) is 32.7 Å². The second-order valence-corrected chi connectivity index (χ2v) is 4.98. The summed E-state index contributed by atoms with van der Waals surface area (Å²) in [5.41, 5.74) is -0.00109. The summed E-state index contributed by atoms with van der Waals surface area (Å²) in [5.74, 6) is 0.626. The van der Waals surface area contributed by atoms with Crippen molar-refractivity contribution in [2.45, 2.75) is 45.2 Å². The van der Waals surface area contributed by atoms with Gasteiger partial charge in [0.05, 0.1) is 6.54 Å². The molecule has 1 saturated heterocycles. The third-order valence-electron chi connectivity index (χ3n) is 3.17. The van der Waals surface area contributed by atoms with Crippen molar-refractivity contribution in [1.82, 2.24) is 15.5 Å². The molecule has 1 aliphatic heterocycles. The normalized spacial score (nSPS) is 18.8. The fourth-order valence-electron chi connectivity index (χ4n) is 1.95. The smallest absolute Gasteiger partial charge is 0.315 e. The monoisotopic (exact) mass is 254 g/mol. The molecule has 2 rings (SSSR count). The molecule has 1 aliphatic rings. The summed E-state index contributed by atoms with van der Waals surface area (Å²) in [6.45, 7) is 7.43. The van der Waals surface area contributed by atoms with Crippen LogP contribution in [0.1, 0.15) is 39.0 Å². The van der Waals surface area contributed by atoms with E-state index in [2.05, 4.69) is 34.7 Å². The highest BCUT2D eigenvalue weighted by Crippen LogP contribution is 2.24. The van der Waals surface area contributed by atoms with Gasteiger partial charge in [-0.15, -0.1) is 5.10 Å². The summed E-state index contributed by atoms with van der Waals surface area (Å²) in [5, 5.41) is 14.6. The van der Waals surface area contributed by atoms with E-state index >= 15 is 0 Å². The zero-order valence-electron chi connectivity index (χ0n) is 11.2. The van der Waals surface area contributed by atoms with Gasteiger partial charge in [0, 0.05) is 18.8 Å². The van der Waals surface area contributed by atoms with Crippen molar-refractivity contribution in [2.24, 2.45) is 0 Å². The van der Waals surface area contributed by atoms with Gasteiger partial charge in [-0.1, -0.05) is 12.0 Å². The van der Waals surface area contributed by atoms with Crippen LogP contribution in [0, 0.1) is 0 Å². The first-order valence-electron chi connectivity index (χ1n) is 6.61. The standard InChI is InChI=1S/C12H22N4O2/c1-3-6-13-9-10-15-16-11(18-10)14-12(2)4-7-17-8-5-12/h13H,3-9H2,1-2H3,(H,14,16). The lowest BCUT2D eigenvalue weighted by Gasteiger charge is -2.33. The summed E-state index contributed by atoms with van der Waals surface area (Å²) < 4.78 is 10.9. The minimum atomic E-state index is -0.00109. The molecule has 1 aromatic rings. The number of hydrogen-bond acceptors (Lipinski definition) is 6. The lowest BCUT2D eigenvalue weighted by atomic mass is 9.93. The van der Waals surface area contributed by atoms with E-state index in [4.69, 9.17) is 9.15 Å². The Morgan fingerprint density at radius 3 is 2.78 bits per heavy atom. The van der Waals surface area contributed by atoms with E-state index in [1.165, 1.54) is 0 Å². The molecule has 0 amide bonds. The van der Waals surface area contributed by atoms with E-state index in [1.54, 1.807) is 0 Å². The molecule has 1 fully saturated rings. The Bertz CT molecular complexity index is 361. The average Bonchev–Trinajstić information content (AvgIpc) is 2.77. The average molecular weight is 254 g/mol. The highest BCUT2D eigenvalue weighted by molar-refractivity contribution is 5.23. The Balaban J connectivity index is 1.85. The summed E-state index contributed by atoms with van der Waals surface area (Å²) in [7, 11) is 0. The maximum absolute atomic E-state index is 5.56. The third-order valence-corrected chi connectivity index (χ3v) is 3.17. The lowest BCUT2D eigenvalue weighted by molar-refractivity contribution is 0.0650. The Kier molecular flexibility index (Phi) is 4.54. The van der Waals surface area contributed by atoms with Gasteiger partial charge in [-0.2, -0.15) is 0 Å². The molecule has 2 heterocycles. The van der Waals surface area contributed by atoms with Crippen molar-refractivity contribution in [1.29, 1.82) is 0 Å². The van der Waals surface area contributed by atoms with Gasteiger partial charge in [-0.3, -0.25) is 0 Å². The lowest BCUT2D eigenvalue weighted by Crippen LogP contribution is -2.40. The fraction of sp³-hybridized carbons (Fsp3) is 0.833. The maximum atomic E-state index is 5.56. The summed E-state index contributed by atoms with van der Waals surface area (Å²) >= 11 is 0. The number of hydrogen-bond donors (Lipinski definition) is 2. The number of anilines is 1. The van der Waals surface area contributed by atoms with Crippen LogP contribution in [-0.4, -0.2) is 35.5 Å². The highest BCUT2D eigenvalue weighted by Gasteiger charge is 2.28. The highest BCUT2D eigenvalue weighted by atomic mass is 16.5. The van der Waals surface area contributed by atoms with E-state index in [1.807, 2.05) is 0 Å². The van der Waals surface area contributed by atoms with Crippen LogP contribution in [0.4, 0.5) is 6.01 Å². The molecule has 0 saturated carbocycles. The van der Waals surface area contributed by atoms with Crippen LogP contribution in [0.25, 0.3) is 0 Å². The van der Waals surface area contributed by atoms with E-state index in [-0.39, 0.29) is 5.54 Å². The van der Waals surface area contributed by atoms with E-state index in [0.29, 0.717) is 18.5 Å². The van der Waals surface area contributed by atoms with E-state index in [0.717, 1.165) is 39.0 Å². The van der Waals surface area contributed by atoms with Crippen LogP contribution < -0.4 is 10.6 Å². The van der Waals surface area contributed by atoms with E-state index in [9.17, 15) is 0 Å². The molecule has 0 spiro atoms. The maximum Gasteiger partial charge on any atom is 0.315 e. The topological polar surface area (TPSA) is 72.2 Å². The van der Waals surface area contributed by atoms with Crippen molar-refractivity contribution < 1.29 is 9.15 Å². The first kappa shape index (κ1) is 13.3. The van der Waals surface area contributed by atoms with Crippen molar-refractivity contribution in [3.8, 4) is 0 Å². The van der Waals surface area contributed by atoms with Gasteiger partial charge >= 0.3 is 6.01 Å². The number of rotatable bonds is 6. The predicted octanol–water partition coefficient (Wildman–Crippen LogP) is 1.55. The quantitative estimate of drug-likeness (QED) is 0.750.